The van der Waals surface area contributed by atoms with Gasteiger partial charge in [-0.1, -0.05) is 0 Å². The van der Waals surface area contributed by atoms with Gasteiger partial charge in [-0.05, 0) is 0 Å². The van der Waals surface area contributed by atoms with Gasteiger partial charge in [-0.3, -0.25) is 4.79 Å². The normalized spacial score (nSPS) is 10.7. The number of methoxy groups -OCH3 is 2. The van der Waals surface area contributed by atoms with E-state index < -0.39 is 11.9 Å². The van der Waals surface area contributed by atoms with E-state index in [9.17, 15) is 9.59 Å². The van der Waals surface area contributed by atoms with Crippen LogP contribution in [0, 0.1) is 0 Å². The van der Waals surface area contributed by atoms with Crippen LogP contribution in [-0.2, 0) is 19.1 Å². The number of hydrogen-bond donors (Lipinski definition) is 1. The third-order valence-electron chi connectivity index (χ3n) is 1.17. The molecule has 0 atom stereocenters. The first-order chi connectivity index (χ1) is 5.65. The molecule has 0 radical (unpaired) electrons. The van der Waals surface area contributed by atoms with Gasteiger partial charge >= 0.3 is 11.9 Å². The average Bonchev–Trinajstić information content (AvgIpc) is 2.12. The number of carbonyl (C=O) groups excluding carboxylic acids is 2. The highest BCUT2D eigenvalue weighted by Gasteiger charge is 2.14. The van der Waals surface area contributed by atoms with Gasteiger partial charge in [0, 0.05) is 0 Å². The summed E-state index contributed by atoms with van der Waals surface area (Å²) in [6.07, 6.45) is 0.239. The quantitative estimate of drug-likeness (QED) is 0.375. The van der Waals surface area contributed by atoms with Crippen LogP contribution >= 0.6 is 0 Å². The van der Waals surface area contributed by atoms with Gasteiger partial charge in [-0.15, -0.1) is 0 Å². The van der Waals surface area contributed by atoms with Gasteiger partial charge in [-0.2, -0.15) is 0 Å². The number of esters is 2. The Labute approximate surface area is 69.6 Å². The minimum absolute atomic E-state index is 0.135. The van der Waals surface area contributed by atoms with Crippen molar-refractivity contribution >= 4 is 11.9 Å². The smallest absolute Gasteiger partial charge is 0.337 e. The fourth-order valence-corrected chi connectivity index (χ4v) is 0.529. The van der Waals surface area contributed by atoms with Crippen LogP contribution in [0.3, 0.4) is 0 Å². The van der Waals surface area contributed by atoms with Crippen molar-refractivity contribution in [2.75, 3.05) is 14.2 Å². The molecule has 0 aliphatic heterocycles. The highest BCUT2D eigenvalue weighted by Crippen LogP contribution is 2.03. The van der Waals surface area contributed by atoms with Gasteiger partial charge in [0.1, 0.15) is 0 Å². The number of aliphatic hydroxyl groups excluding tert-OH is 1. The maximum absolute atomic E-state index is 10.7. The van der Waals surface area contributed by atoms with Crippen molar-refractivity contribution in [2.45, 2.75) is 6.42 Å². The van der Waals surface area contributed by atoms with Crippen molar-refractivity contribution < 1.29 is 24.2 Å². The van der Waals surface area contributed by atoms with Gasteiger partial charge in [0.25, 0.3) is 0 Å². The molecule has 0 bridgehead atoms. The van der Waals surface area contributed by atoms with Crippen LogP contribution in [0.1, 0.15) is 6.42 Å². The van der Waals surface area contributed by atoms with E-state index in [0.717, 1.165) is 7.11 Å². The van der Waals surface area contributed by atoms with Crippen LogP contribution in [-0.4, -0.2) is 31.3 Å². The summed E-state index contributed by atoms with van der Waals surface area (Å²) in [5, 5.41) is 8.50. The lowest BCUT2D eigenvalue weighted by Gasteiger charge is -2.01. The molecule has 0 aromatic carbocycles. The number of carbonyl (C=O) groups is 2. The van der Waals surface area contributed by atoms with Crippen molar-refractivity contribution in [3.8, 4) is 0 Å². The lowest BCUT2D eigenvalue weighted by Crippen LogP contribution is -2.10. The van der Waals surface area contributed by atoms with Crippen molar-refractivity contribution in [2.24, 2.45) is 0 Å². The molecule has 0 heterocycles. The molecule has 1 N–H and O–H groups in total. The summed E-state index contributed by atoms with van der Waals surface area (Å²) >= 11 is 0. The third-order valence-corrected chi connectivity index (χ3v) is 1.17. The molecule has 5 heteroatoms. The SMILES string of the molecule is COC(=O)CC(=CO)C(=O)OC. The van der Waals surface area contributed by atoms with Crippen LogP contribution < -0.4 is 0 Å². The molecule has 68 valence electrons. The highest BCUT2D eigenvalue weighted by molar-refractivity contribution is 5.93. The van der Waals surface area contributed by atoms with Crippen LogP contribution in [0.25, 0.3) is 0 Å². The molecule has 0 fully saturated rings. The highest BCUT2D eigenvalue weighted by atomic mass is 16.5. The van der Waals surface area contributed by atoms with Gasteiger partial charge in [-0.25, -0.2) is 4.79 Å². The Balaban J connectivity index is 4.20. The second kappa shape index (κ2) is 5.17. The van der Waals surface area contributed by atoms with E-state index in [0.29, 0.717) is 6.26 Å². The molecule has 0 saturated heterocycles. The molecule has 0 aliphatic carbocycles. The Hall–Kier alpha value is -1.52. The van der Waals surface area contributed by atoms with E-state index in [1.807, 2.05) is 0 Å². The lowest BCUT2D eigenvalue weighted by atomic mass is 10.2. The topological polar surface area (TPSA) is 72.8 Å². The zero-order valence-electron chi connectivity index (χ0n) is 6.86. The molecular weight excluding hydrogens is 164 g/mol. The number of ether oxygens (including phenoxy) is 2. The van der Waals surface area contributed by atoms with E-state index in [4.69, 9.17) is 5.11 Å². The minimum atomic E-state index is -0.747. The molecule has 0 aromatic heterocycles. The molecule has 0 aliphatic rings. The largest absolute Gasteiger partial charge is 0.515 e. The minimum Gasteiger partial charge on any atom is -0.515 e. The number of hydrogen-bond acceptors (Lipinski definition) is 5. The summed E-state index contributed by atoms with van der Waals surface area (Å²) in [4.78, 5) is 21.4. The molecule has 0 amide bonds. The molecular formula is C7H10O5. The zero-order valence-corrected chi connectivity index (χ0v) is 6.86. The molecule has 5 nitrogen and oxygen atoms in total. The number of aliphatic hydroxyl groups is 1. The molecule has 0 spiro atoms. The van der Waals surface area contributed by atoms with Crippen LogP contribution in [0.5, 0.6) is 0 Å². The summed E-state index contributed by atoms with van der Waals surface area (Å²) in [7, 11) is 2.34. The van der Waals surface area contributed by atoms with Crippen molar-refractivity contribution in [1.29, 1.82) is 0 Å². The Bertz CT molecular complexity index is 206. The van der Waals surface area contributed by atoms with Crippen LogP contribution in [0.15, 0.2) is 11.8 Å². The van der Waals surface area contributed by atoms with Crippen molar-refractivity contribution in [3.63, 3.8) is 0 Å². The summed E-state index contributed by atoms with van der Waals surface area (Å²) < 4.78 is 8.55. The second-order valence-corrected chi connectivity index (χ2v) is 1.90. The zero-order chi connectivity index (χ0) is 9.56. The van der Waals surface area contributed by atoms with Gasteiger partial charge in [0.15, 0.2) is 0 Å². The Morgan fingerprint density at radius 2 is 1.92 bits per heavy atom. The van der Waals surface area contributed by atoms with Crippen molar-refractivity contribution in [1.82, 2.24) is 0 Å². The summed E-state index contributed by atoms with van der Waals surface area (Å²) in [5.41, 5.74) is -0.135. The average molecular weight is 174 g/mol. The molecule has 0 saturated carbocycles. The van der Waals surface area contributed by atoms with Gasteiger partial charge in [0.2, 0.25) is 0 Å². The van der Waals surface area contributed by atoms with Gasteiger partial charge < -0.3 is 14.6 Å². The van der Waals surface area contributed by atoms with E-state index in [-0.39, 0.29) is 12.0 Å². The molecule has 0 aromatic rings. The van der Waals surface area contributed by atoms with E-state index >= 15 is 0 Å². The Morgan fingerprint density at radius 3 is 2.25 bits per heavy atom. The van der Waals surface area contributed by atoms with E-state index in [1.54, 1.807) is 0 Å². The first-order valence-electron chi connectivity index (χ1n) is 3.14. The fraction of sp³-hybridized carbons (Fsp3) is 0.429. The van der Waals surface area contributed by atoms with Crippen LogP contribution in [0.2, 0.25) is 0 Å². The maximum Gasteiger partial charge on any atom is 0.337 e. The summed E-state index contributed by atoms with van der Waals surface area (Å²) in [5.74, 6) is -1.36. The van der Waals surface area contributed by atoms with Gasteiger partial charge in [0.05, 0.1) is 32.5 Å². The first kappa shape index (κ1) is 10.5. The maximum atomic E-state index is 10.7. The molecule has 12 heavy (non-hydrogen) atoms. The third kappa shape index (κ3) is 3.05. The monoisotopic (exact) mass is 174 g/mol. The lowest BCUT2D eigenvalue weighted by molar-refractivity contribution is -0.143. The fourth-order valence-electron chi connectivity index (χ4n) is 0.529. The van der Waals surface area contributed by atoms with Crippen LogP contribution in [0.4, 0.5) is 0 Å². The predicted molar refractivity (Wildman–Crippen MR) is 39.4 cm³/mol. The Morgan fingerprint density at radius 1 is 1.33 bits per heavy atom. The molecule has 0 rings (SSSR count). The number of rotatable bonds is 3. The van der Waals surface area contributed by atoms with E-state index in [2.05, 4.69) is 9.47 Å². The standard InChI is InChI=1S/C7H10O5/c1-11-6(9)3-5(4-8)7(10)12-2/h4,8H,3H2,1-2H3. The second-order valence-electron chi connectivity index (χ2n) is 1.90. The summed E-state index contributed by atoms with van der Waals surface area (Å²) in [6.45, 7) is 0. The Kier molecular flexibility index (Phi) is 4.52. The molecule has 0 unspecified atom stereocenters. The first-order valence-corrected chi connectivity index (χ1v) is 3.14. The van der Waals surface area contributed by atoms with Crippen molar-refractivity contribution in [3.05, 3.63) is 11.8 Å². The summed E-state index contributed by atoms with van der Waals surface area (Å²) in [6, 6.07) is 0. The predicted octanol–water partition coefficient (Wildman–Crippen LogP) is 0.164. The van der Waals surface area contributed by atoms with E-state index in [1.165, 1.54) is 7.11 Å².